The molecule has 3 rings (SSSR count). The fourth-order valence-corrected chi connectivity index (χ4v) is 3.25. The van der Waals surface area contributed by atoms with Crippen molar-refractivity contribution in [2.75, 3.05) is 19.7 Å². The normalized spacial score (nSPS) is 17.0. The third-order valence-electron chi connectivity index (χ3n) is 4.65. The summed E-state index contributed by atoms with van der Waals surface area (Å²) in [5, 5.41) is 4.40. The van der Waals surface area contributed by atoms with E-state index in [2.05, 4.69) is 16.7 Å². The molecule has 0 aromatic carbocycles. The van der Waals surface area contributed by atoms with Gasteiger partial charge in [-0.25, -0.2) is 4.98 Å². The topological polar surface area (TPSA) is 60.3 Å². The summed E-state index contributed by atoms with van der Waals surface area (Å²) in [6, 6.07) is 3.44. The smallest absolute Gasteiger partial charge is 0.392 e. The van der Waals surface area contributed by atoms with Crippen LogP contribution in [0.2, 0.25) is 0 Å². The standard InChI is InChI=1S/C19H21F3N4O2/c1-3-18(27)26-8-4-13(12-26)15-11-23-17(28-9-6-19(20,21)22)10-14(15)16-5-7-25(2)24-16/h3,5,7,10-11,13H,1,4,6,8-9,12H2,2H3/t13-/m1/s1. The number of likely N-dealkylation sites (tertiary alicyclic amines) is 1. The summed E-state index contributed by atoms with van der Waals surface area (Å²) in [5.74, 6) is 0.0465. The molecule has 1 atom stereocenters. The lowest BCUT2D eigenvalue weighted by Gasteiger charge is -2.17. The molecule has 0 radical (unpaired) electrons. The van der Waals surface area contributed by atoms with Crippen LogP contribution >= 0.6 is 0 Å². The van der Waals surface area contributed by atoms with Gasteiger partial charge in [0.05, 0.1) is 18.7 Å². The lowest BCUT2D eigenvalue weighted by Crippen LogP contribution is -2.26. The number of carbonyl (C=O) groups is 1. The monoisotopic (exact) mass is 394 g/mol. The van der Waals surface area contributed by atoms with Crippen LogP contribution in [0.1, 0.15) is 24.3 Å². The average molecular weight is 394 g/mol. The number of nitrogens with zero attached hydrogens (tertiary/aromatic N) is 4. The molecule has 2 aromatic heterocycles. The maximum atomic E-state index is 12.4. The molecule has 1 fully saturated rings. The molecule has 1 amide bonds. The van der Waals surface area contributed by atoms with Crippen LogP contribution in [-0.2, 0) is 11.8 Å². The van der Waals surface area contributed by atoms with Crippen molar-refractivity contribution in [2.45, 2.75) is 24.9 Å². The van der Waals surface area contributed by atoms with Gasteiger partial charge in [-0.1, -0.05) is 6.58 Å². The van der Waals surface area contributed by atoms with Crippen molar-refractivity contribution in [1.29, 1.82) is 0 Å². The first-order valence-electron chi connectivity index (χ1n) is 8.87. The van der Waals surface area contributed by atoms with Gasteiger partial charge in [-0.05, 0) is 24.1 Å². The zero-order chi connectivity index (χ0) is 20.3. The minimum absolute atomic E-state index is 0.0534. The van der Waals surface area contributed by atoms with Gasteiger partial charge in [0.25, 0.3) is 0 Å². The molecule has 0 saturated carbocycles. The van der Waals surface area contributed by atoms with Crippen molar-refractivity contribution in [2.24, 2.45) is 7.05 Å². The minimum Gasteiger partial charge on any atom is -0.477 e. The molecule has 0 N–H and O–H groups in total. The van der Waals surface area contributed by atoms with Crippen LogP contribution in [0.4, 0.5) is 13.2 Å². The summed E-state index contributed by atoms with van der Waals surface area (Å²) in [4.78, 5) is 17.8. The van der Waals surface area contributed by atoms with E-state index in [0.29, 0.717) is 18.8 Å². The Balaban J connectivity index is 1.85. The number of halogens is 3. The maximum absolute atomic E-state index is 12.4. The number of carbonyl (C=O) groups excluding carboxylic acids is 1. The molecule has 28 heavy (non-hydrogen) atoms. The van der Waals surface area contributed by atoms with Crippen LogP contribution in [-0.4, -0.2) is 51.4 Å². The predicted octanol–water partition coefficient (Wildman–Crippen LogP) is 3.32. The number of hydrogen-bond donors (Lipinski definition) is 0. The highest BCUT2D eigenvalue weighted by Crippen LogP contribution is 2.35. The van der Waals surface area contributed by atoms with Crippen LogP contribution in [0.5, 0.6) is 5.88 Å². The van der Waals surface area contributed by atoms with Crippen molar-refractivity contribution in [3.05, 3.63) is 42.7 Å². The zero-order valence-electron chi connectivity index (χ0n) is 15.4. The SMILES string of the molecule is C=CC(=O)N1CC[C@@H](c2cnc(OCCC(F)(F)F)cc2-c2ccn(C)n2)C1. The third kappa shape index (κ3) is 4.71. The largest absolute Gasteiger partial charge is 0.477 e. The summed E-state index contributed by atoms with van der Waals surface area (Å²) in [6.45, 7) is 4.16. The van der Waals surface area contributed by atoms with Crippen molar-refractivity contribution in [3.8, 4) is 17.1 Å². The van der Waals surface area contributed by atoms with E-state index in [1.807, 2.05) is 6.07 Å². The number of hydrogen-bond acceptors (Lipinski definition) is 4. The van der Waals surface area contributed by atoms with E-state index in [1.54, 1.807) is 35.1 Å². The number of pyridine rings is 1. The van der Waals surface area contributed by atoms with Crippen molar-refractivity contribution >= 4 is 5.91 Å². The highest BCUT2D eigenvalue weighted by molar-refractivity contribution is 5.87. The second-order valence-corrected chi connectivity index (χ2v) is 6.67. The van der Waals surface area contributed by atoms with Crippen LogP contribution in [0.25, 0.3) is 11.3 Å². The first kappa shape index (κ1) is 19.9. The van der Waals surface area contributed by atoms with Gasteiger partial charge in [0.2, 0.25) is 11.8 Å². The maximum Gasteiger partial charge on any atom is 0.392 e. The van der Waals surface area contributed by atoms with E-state index >= 15 is 0 Å². The lowest BCUT2D eigenvalue weighted by atomic mass is 9.94. The molecular formula is C19H21F3N4O2. The van der Waals surface area contributed by atoms with Gasteiger partial charge in [0.15, 0.2) is 0 Å². The predicted molar refractivity (Wildman–Crippen MR) is 96.7 cm³/mol. The molecule has 0 bridgehead atoms. The quantitative estimate of drug-likeness (QED) is 0.706. The molecular weight excluding hydrogens is 373 g/mol. The van der Waals surface area contributed by atoms with Gasteiger partial charge in [0, 0.05) is 50.1 Å². The minimum atomic E-state index is -4.28. The Hall–Kier alpha value is -2.84. The molecule has 2 aromatic rings. The molecule has 3 heterocycles. The summed E-state index contributed by atoms with van der Waals surface area (Å²) in [5.41, 5.74) is 2.31. The molecule has 0 aliphatic carbocycles. The molecule has 9 heteroatoms. The van der Waals surface area contributed by atoms with Crippen LogP contribution in [0.3, 0.4) is 0 Å². The van der Waals surface area contributed by atoms with Crippen LogP contribution in [0.15, 0.2) is 37.2 Å². The van der Waals surface area contributed by atoms with E-state index in [9.17, 15) is 18.0 Å². The van der Waals surface area contributed by atoms with Crippen molar-refractivity contribution < 1.29 is 22.7 Å². The number of ether oxygens (including phenoxy) is 1. The molecule has 0 unspecified atom stereocenters. The summed E-state index contributed by atoms with van der Waals surface area (Å²) >= 11 is 0. The number of rotatable bonds is 6. The van der Waals surface area contributed by atoms with Crippen molar-refractivity contribution in [1.82, 2.24) is 19.7 Å². The molecule has 6 nitrogen and oxygen atoms in total. The second-order valence-electron chi connectivity index (χ2n) is 6.67. The van der Waals surface area contributed by atoms with E-state index in [0.717, 1.165) is 17.5 Å². The highest BCUT2D eigenvalue weighted by Gasteiger charge is 2.29. The summed E-state index contributed by atoms with van der Waals surface area (Å²) in [7, 11) is 1.78. The Morgan fingerprint density at radius 3 is 2.89 bits per heavy atom. The van der Waals surface area contributed by atoms with Gasteiger partial charge in [-0.15, -0.1) is 0 Å². The van der Waals surface area contributed by atoms with Gasteiger partial charge in [-0.3, -0.25) is 9.48 Å². The summed E-state index contributed by atoms with van der Waals surface area (Å²) in [6.07, 6.45) is 0.115. The Morgan fingerprint density at radius 1 is 1.46 bits per heavy atom. The Kier molecular flexibility index (Phi) is 5.71. The summed E-state index contributed by atoms with van der Waals surface area (Å²) < 4.78 is 43.9. The third-order valence-corrected chi connectivity index (χ3v) is 4.65. The number of alkyl halides is 3. The van der Waals surface area contributed by atoms with Crippen LogP contribution in [0, 0.1) is 0 Å². The van der Waals surface area contributed by atoms with Gasteiger partial charge in [-0.2, -0.15) is 18.3 Å². The molecule has 1 aliphatic rings. The zero-order valence-corrected chi connectivity index (χ0v) is 15.4. The molecule has 150 valence electrons. The van der Waals surface area contributed by atoms with Crippen LogP contribution < -0.4 is 4.74 Å². The fraction of sp³-hybridized carbons (Fsp3) is 0.421. The highest BCUT2D eigenvalue weighted by atomic mass is 19.4. The Morgan fingerprint density at radius 2 is 2.25 bits per heavy atom. The van der Waals surface area contributed by atoms with E-state index in [4.69, 9.17) is 4.74 Å². The fourth-order valence-electron chi connectivity index (χ4n) is 3.25. The Bertz CT molecular complexity index is 863. The van der Waals surface area contributed by atoms with E-state index in [1.165, 1.54) is 6.08 Å². The average Bonchev–Trinajstić information content (AvgIpc) is 3.29. The van der Waals surface area contributed by atoms with Gasteiger partial charge >= 0.3 is 6.18 Å². The van der Waals surface area contributed by atoms with Gasteiger partial charge < -0.3 is 9.64 Å². The second kappa shape index (κ2) is 8.04. The van der Waals surface area contributed by atoms with E-state index in [-0.39, 0.29) is 17.7 Å². The molecule has 1 aliphatic heterocycles. The van der Waals surface area contributed by atoms with Crippen molar-refractivity contribution in [3.63, 3.8) is 0 Å². The molecule has 0 spiro atoms. The Labute approximate surface area is 160 Å². The number of aromatic nitrogens is 3. The van der Waals surface area contributed by atoms with E-state index < -0.39 is 19.2 Å². The molecule has 1 saturated heterocycles. The lowest BCUT2D eigenvalue weighted by molar-refractivity contribution is -0.139. The number of amides is 1. The number of aryl methyl sites for hydroxylation is 1. The van der Waals surface area contributed by atoms with Gasteiger partial charge in [0.1, 0.15) is 0 Å². The first-order valence-corrected chi connectivity index (χ1v) is 8.87. The first-order chi connectivity index (χ1) is 13.3.